The Bertz CT molecular complexity index is 783. The van der Waals surface area contributed by atoms with E-state index in [1.165, 1.54) is 23.9 Å². The monoisotopic (exact) mass is 349 g/mol. The zero-order valence-electron chi connectivity index (χ0n) is 14.3. The third-order valence-corrected chi connectivity index (χ3v) is 4.88. The van der Waals surface area contributed by atoms with Crippen LogP contribution in [0.5, 0.6) is 0 Å². The third kappa shape index (κ3) is 3.65. The molecule has 25 heavy (non-hydrogen) atoms. The molecule has 0 saturated carbocycles. The van der Waals surface area contributed by atoms with Gasteiger partial charge >= 0.3 is 5.69 Å². The molecule has 3 heterocycles. The second-order valence-corrected chi connectivity index (χ2v) is 6.52. The van der Waals surface area contributed by atoms with Crippen molar-refractivity contribution >= 4 is 11.8 Å². The Labute approximate surface area is 144 Å². The summed E-state index contributed by atoms with van der Waals surface area (Å²) < 4.78 is 2.22. The Morgan fingerprint density at radius 2 is 2.08 bits per heavy atom. The SMILES string of the molecule is Cn1c(=O)ccn(CC(=O)N2CCCC(N3CCNCC3=O)C2)c1=O. The molecule has 2 amide bonds. The molecule has 0 bridgehead atoms. The Kier molecular flexibility index (Phi) is 5.03. The van der Waals surface area contributed by atoms with Crippen molar-refractivity contribution in [1.29, 1.82) is 0 Å². The van der Waals surface area contributed by atoms with Crippen molar-refractivity contribution in [3.8, 4) is 0 Å². The first-order valence-corrected chi connectivity index (χ1v) is 8.52. The molecule has 1 unspecified atom stereocenters. The highest BCUT2D eigenvalue weighted by atomic mass is 16.2. The minimum absolute atomic E-state index is 0.0316. The van der Waals surface area contributed by atoms with Crippen LogP contribution in [-0.4, -0.2) is 69.5 Å². The largest absolute Gasteiger partial charge is 0.339 e. The second kappa shape index (κ2) is 7.22. The van der Waals surface area contributed by atoms with E-state index in [0.29, 0.717) is 26.2 Å². The van der Waals surface area contributed by atoms with E-state index in [2.05, 4.69) is 5.32 Å². The van der Waals surface area contributed by atoms with Gasteiger partial charge in [-0.1, -0.05) is 0 Å². The molecule has 2 fully saturated rings. The summed E-state index contributed by atoms with van der Waals surface area (Å²) in [7, 11) is 1.39. The number of carbonyl (C=O) groups is 2. The first-order valence-electron chi connectivity index (χ1n) is 8.52. The summed E-state index contributed by atoms with van der Waals surface area (Å²) in [6, 6.07) is 1.30. The maximum absolute atomic E-state index is 12.6. The highest BCUT2D eigenvalue weighted by Gasteiger charge is 2.31. The maximum Gasteiger partial charge on any atom is 0.331 e. The Balaban J connectivity index is 1.68. The minimum Gasteiger partial charge on any atom is -0.339 e. The van der Waals surface area contributed by atoms with Crippen LogP contribution in [-0.2, 0) is 23.2 Å². The molecular weight excluding hydrogens is 326 g/mol. The van der Waals surface area contributed by atoms with Gasteiger partial charge in [0.2, 0.25) is 11.8 Å². The molecule has 1 aromatic rings. The molecular formula is C16H23N5O4. The van der Waals surface area contributed by atoms with E-state index in [0.717, 1.165) is 24.0 Å². The number of carbonyl (C=O) groups excluding carboxylic acids is 2. The molecule has 1 aromatic heterocycles. The van der Waals surface area contributed by atoms with Gasteiger partial charge in [0.05, 0.1) is 6.54 Å². The van der Waals surface area contributed by atoms with Crippen LogP contribution in [0.3, 0.4) is 0 Å². The van der Waals surface area contributed by atoms with Gasteiger partial charge in [0.15, 0.2) is 0 Å². The lowest BCUT2D eigenvalue weighted by Crippen LogP contribution is -2.57. The van der Waals surface area contributed by atoms with E-state index < -0.39 is 11.2 Å². The lowest BCUT2D eigenvalue weighted by Gasteiger charge is -2.41. The molecule has 136 valence electrons. The lowest BCUT2D eigenvalue weighted by molar-refractivity contribution is -0.140. The quantitative estimate of drug-likeness (QED) is 0.679. The van der Waals surface area contributed by atoms with E-state index in [4.69, 9.17) is 0 Å². The fourth-order valence-corrected chi connectivity index (χ4v) is 3.43. The summed E-state index contributed by atoms with van der Waals surface area (Å²) in [5, 5.41) is 3.05. The summed E-state index contributed by atoms with van der Waals surface area (Å²) in [4.78, 5) is 51.7. The van der Waals surface area contributed by atoms with Gasteiger partial charge in [0.25, 0.3) is 5.56 Å². The number of piperidine rings is 1. The van der Waals surface area contributed by atoms with Crippen LogP contribution in [0.25, 0.3) is 0 Å². The van der Waals surface area contributed by atoms with E-state index in [1.807, 2.05) is 4.90 Å². The standard InChI is InChI=1S/C16H23N5O4/c1-18-13(22)4-7-20(16(18)25)11-15(24)19-6-2-3-12(10-19)21-8-5-17-9-14(21)23/h4,7,12,17H,2-3,5-6,8-11H2,1H3. The molecule has 1 atom stereocenters. The van der Waals surface area contributed by atoms with Crippen molar-refractivity contribution in [1.82, 2.24) is 24.3 Å². The predicted molar refractivity (Wildman–Crippen MR) is 90.1 cm³/mol. The molecule has 2 saturated heterocycles. The maximum atomic E-state index is 12.6. The first-order chi connectivity index (χ1) is 12.0. The van der Waals surface area contributed by atoms with Crippen LogP contribution in [0, 0.1) is 0 Å². The highest BCUT2D eigenvalue weighted by Crippen LogP contribution is 2.17. The fourth-order valence-electron chi connectivity index (χ4n) is 3.43. The molecule has 3 rings (SSSR count). The summed E-state index contributed by atoms with van der Waals surface area (Å²) in [5.74, 6) is -0.104. The van der Waals surface area contributed by atoms with Crippen LogP contribution >= 0.6 is 0 Å². The van der Waals surface area contributed by atoms with Gasteiger partial charge in [-0.05, 0) is 12.8 Å². The normalized spacial score (nSPS) is 21.5. The van der Waals surface area contributed by atoms with Crippen molar-refractivity contribution in [2.75, 3.05) is 32.7 Å². The third-order valence-electron chi connectivity index (χ3n) is 4.88. The number of nitrogens with one attached hydrogen (secondary N) is 1. The van der Waals surface area contributed by atoms with Gasteiger partial charge in [0, 0.05) is 51.5 Å². The van der Waals surface area contributed by atoms with E-state index in [9.17, 15) is 19.2 Å². The van der Waals surface area contributed by atoms with Gasteiger partial charge in [-0.3, -0.25) is 23.5 Å². The summed E-state index contributed by atoms with van der Waals surface area (Å²) in [6.45, 7) is 2.78. The Morgan fingerprint density at radius 3 is 2.84 bits per heavy atom. The van der Waals surface area contributed by atoms with Crippen molar-refractivity contribution in [2.24, 2.45) is 7.05 Å². The Hall–Kier alpha value is -2.42. The number of aromatic nitrogens is 2. The number of hydrogen-bond acceptors (Lipinski definition) is 5. The molecule has 1 N–H and O–H groups in total. The Morgan fingerprint density at radius 1 is 1.28 bits per heavy atom. The molecule has 0 aliphatic carbocycles. The number of nitrogens with zero attached hydrogens (tertiary/aromatic N) is 4. The minimum atomic E-state index is -0.508. The number of likely N-dealkylation sites (tertiary alicyclic amines) is 1. The van der Waals surface area contributed by atoms with Crippen LogP contribution in [0.4, 0.5) is 0 Å². The zero-order valence-corrected chi connectivity index (χ0v) is 14.3. The van der Waals surface area contributed by atoms with Gasteiger partial charge in [-0.25, -0.2) is 4.79 Å². The summed E-state index contributed by atoms with van der Waals surface area (Å²) in [6.07, 6.45) is 3.06. The van der Waals surface area contributed by atoms with Crippen LogP contribution in [0.2, 0.25) is 0 Å². The van der Waals surface area contributed by atoms with Gasteiger partial charge in [-0.15, -0.1) is 0 Å². The zero-order chi connectivity index (χ0) is 18.0. The van der Waals surface area contributed by atoms with Crippen LogP contribution < -0.4 is 16.6 Å². The van der Waals surface area contributed by atoms with Crippen molar-refractivity contribution < 1.29 is 9.59 Å². The van der Waals surface area contributed by atoms with Crippen LogP contribution in [0.1, 0.15) is 12.8 Å². The second-order valence-electron chi connectivity index (χ2n) is 6.52. The molecule has 9 heteroatoms. The molecule has 2 aliphatic heterocycles. The molecule has 9 nitrogen and oxygen atoms in total. The number of amides is 2. The van der Waals surface area contributed by atoms with Crippen molar-refractivity contribution in [3.63, 3.8) is 0 Å². The topological polar surface area (TPSA) is 96.7 Å². The molecule has 0 radical (unpaired) electrons. The molecule has 2 aliphatic rings. The lowest BCUT2D eigenvalue weighted by atomic mass is 10.0. The average molecular weight is 349 g/mol. The van der Waals surface area contributed by atoms with Crippen LogP contribution in [0.15, 0.2) is 21.9 Å². The van der Waals surface area contributed by atoms with Crippen molar-refractivity contribution in [2.45, 2.75) is 25.4 Å². The molecule has 0 spiro atoms. The van der Waals surface area contributed by atoms with E-state index >= 15 is 0 Å². The highest BCUT2D eigenvalue weighted by molar-refractivity contribution is 5.80. The number of rotatable bonds is 3. The van der Waals surface area contributed by atoms with Gasteiger partial charge < -0.3 is 15.1 Å². The van der Waals surface area contributed by atoms with Crippen molar-refractivity contribution in [3.05, 3.63) is 33.1 Å². The number of hydrogen-bond donors (Lipinski definition) is 1. The van der Waals surface area contributed by atoms with E-state index in [1.54, 1.807) is 4.90 Å². The smallest absolute Gasteiger partial charge is 0.331 e. The van der Waals surface area contributed by atoms with Gasteiger partial charge in [0.1, 0.15) is 6.54 Å². The predicted octanol–water partition coefficient (Wildman–Crippen LogP) is -2.03. The summed E-state index contributed by atoms with van der Waals surface area (Å²) in [5.41, 5.74) is -0.907. The summed E-state index contributed by atoms with van der Waals surface area (Å²) >= 11 is 0. The van der Waals surface area contributed by atoms with E-state index in [-0.39, 0.29) is 24.4 Å². The average Bonchev–Trinajstić information content (AvgIpc) is 2.62. The fraction of sp³-hybridized carbons (Fsp3) is 0.625. The molecule has 0 aromatic carbocycles. The van der Waals surface area contributed by atoms with Gasteiger partial charge in [-0.2, -0.15) is 0 Å². The number of piperazine rings is 1. The first kappa shape index (κ1) is 17.4.